The molecule has 0 fully saturated rings. The summed E-state index contributed by atoms with van der Waals surface area (Å²) in [5.74, 6) is -0.877. The minimum Gasteiger partial charge on any atom is -0.343 e. The van der Waals surface area contributed by atoms with Gasteiger partial charge in [-0.1, -0.05) is 31.2 Å². The molecule has 0 aliphatic carbocycles. The number of carbonyl (C=O) groups is 1. The lowest BCUT2D eigenvalue weighted by molar-refractivity contribution is -0.162. The standard InChI is InChI=1S/C28H26F3N5O2/c1-4-24(28(29,30)31)33-25(37)15-35-22-9-5-7-17(2)26(22)36(27(35)38)21-11-10-19(13-18(21)3)20-8-6-12-34-16-32-14-23(20)34/h5-14,16,24H,4,15H2,1-3H3,(H,33,37). The normalized spacial score (nSPS) is 12.8. The summed E-state index contributed by atoms with van der Waals surface area (Å²) in [6.07, 6.45) is 0.555. The zero-order valence-corrected chi connectivity index (χ0v) is 21.1. The molecule has 0 saturated carbocycles. The fourth-order valence-corrected chi connectivity index (χ4v) is 4.91. The predicted octanol–water partition coefficient (Wildman–Crippen LogP) is 5.18. The number of alkyl halides is 3. The first-order valence-corrected chi connectivity index (χ1v) is 12.2. The van der Waals surface area contributed by atoms with Gasteiger partial charge >= 0.3 is 11.9 Å². The third-order valence-corrected chi connectivity index (χ3v) is 6.79. The van der Waals surface area contributed by atoms with E-state index in [0.29, 0.717) is 16.7 Å². The number of halogens is 3. The number of pyridine rings is 1. The van der Waals surface area contributed by atoms with Gasteiger partial charge in [0.2, 0.25) is 5.91 Å². The number of aryl methyl sites for hydroxylation is 2. The van der Waals surface area contributed by atoms with Gasteiger partial charge < -0.3 is 9.72 Å². The van der Waals surface area contributed by atoms with Crippen LogP contribution in [0.5, 0.6) is 0 Å². The molecule has 7 nitrogen and oxygen atoms in total. The Kier molecular flexibility index (Phi) is 6.34. The first-order valence-electron chi connectivity index (χ1n) is 12.2. The lowest BCUT2D eigenvalue weighted by Gasteiger charge is -2.20. The second kappa shape index (κ2) is 9.51. The topological polar surface area (TPSA) is 73.3 Å². The third-order valence-electron chi connectivity index (χ3n) is 6.79. The molecule has 1 unspecified atom stereocenters. The molecule has 5 aromatic rings. The number of hydrogen-bond acceptors (Lipinski definition) is 3. The van der Waals surface area contributed by atoms with Gasteiger partial charge in [0.25, 0.3) is 0 Å². The Balaban J connectivity index is 1.59. The van der Waals surface area contributed by atoms with Gasteiger partial charge in [-0.25, -0.2) is 9.78 Å². The van der Waals surface area contributed by atoms with Crippen molar-refractivity contribution < 1.29 is 18.0 Å². The van der Waals surface area contributed by atoms with Crippen LogP contribution in [0.3, 0.4) is 0 Å². The highest BCUT2D eigenvalue weighted by atomic mass is 19.4. The van der Waals surface area contributed by atoms with E-state index in [4.69, 9.17) is 0 Å². The van der Waals surface area contributed by atoms with Crippen LogP contribution >= 0.6 is 0 Å². The monoisotopic (exact) mass is 521 g/mol. The summed E-state index contributed by atoms with van der Waals surface area (Å²) < 4.78 is 44.3. The SMILES string of the molecule is CCC(NC(=O)Cn1c(=O)n(-c2ccc(-c3cccn4cncc34)cc2C)c2c(C)cccc21)C(F)(F)F. The van der Waals surface area contributed by atoms with Crippen LogP contribution < -0.4 is 11.0 Å². The first kappa shape index (κ1) is 25.3. The van der Waals surface area contributed by atoms with Crippen molar-refractivity contribution in [3.63, 3.8) is 0 Å². The second-order valence-corrected chi connectivity index (χ2v) is 9.33. The molecule has 10 heteroatoms. The van der Waals surface area contributed by atoms with E-state index < -0.39 is 30.4 Å². The molecular weight excluding hydrogens is 495 g/mol. The number of rotatable bonds is 6. The number of aromatic nitrogens is 4. The van der Waals surface area contributed by atoms with Crippen LogP contribution in [0, 0.1) is 13.8 Å². The molecule has 0 radical (unpaired) electrons. The molecule has 1 amide bonds. The summed E-state index contributed by atoms with van der Waals surface area (Å²) in [5, 5.41) is 2.02. The van der Waals surface area contributed by atoms with Gasteiger partial charge in [0, 0.05) is 11.8 Å². The Hall–Kier alpha value is -4.34. The highest BCUT2D eigenvalue weighted by molar-refractivity contribution is 5.85. The zero-order chi connectivity index (χ0) is 27.2. The van der Waals surface area contributed by atoms with Gasteiger partial charge in [0.05, 0.1) is 34.8 Å². The van der Waals surface area contributed by atoms with Crippen molar-refractivity contribution in [2.75, 3.05) is 0 Å². The van der Waals surface area contributed by atoms with Gasteiger partial charge in [-0.15, -0.1) is 0 Å². The molecule has 0 bridgehead atoms. The van der Waals surface area contributed by atoms with Crippen LogP contribution in [-0.2, 0) is 11.3 Å². The quantitative estimate of drug-likeness (QED) is 0.335. The molecule has 0 aliphatic rings. The molecule has 0 saturated heterocycles. The van der Waals surface area contributed by atoms with Crippen molar-refractivity contribution in [3.05, 3.63) is 88.9 Å². The van der Waals surface area contributed by atoms with E-state index in [9.17, 15) is 22.8 Å². The number of hydrogen-bond donors (Lipinski definition) is 1. The molecule has 5 rings (SSSR count). The van der Waals surface area contributed by atoms with Crippen LogP contribution in [0.1, 0.15) is 24.5 Å². The molecule has 38 heavy (non-hydrogen) atoms. The molecule has 3 heterocycles. The fourth-order valence-electron chi connectivity index (χ4n) is 4.91. The summed E-state index contributed by atoms with van der Waals surface area (Å²) in [6, 6.07) is 13.0. The third kappa shape index (κ3) is 4.36. The maximum Gasteiger partial charge on any atom is 0.408 e. The van der Waals surface area contributed by atoms with Gasteiger partial charge in [-0.3, -0.25) is 13.9 Å². The molecule has 0 aliphatic heterocycles. The Morgan fingerprint density at radius 1 is 1.05 bits per heavy atom. The van der Waals surface area contributed by atoms with Gasteiger partial charge in [0.15, 0.2) is 0 Å². The summed E-state index contributed by atoms with van der Waals surface area (Å²) >= 11 is 0. The smallest absolute Gasteiger partial charge is 0.343 e. The lowest BCUT2D eigenvalue weighted by atomic mass is 10.0. The molecule has 1 N–H and O–H groups in total. The zero-order valence-electron chi connectivity index (χ0n) is 21.1. The molecule has 3 aromatic heterocycles. The van der Waals surface area contributed by atoms with Crippen LogP contribution in [0.15, 0.2) is 72.0 Å². The van der Waals surface area contributed by atoms with Crippen LogP contribution in [0.2, 0.25) is 0 Å². The van der Waals surface area contributed by atoms with Gasteiger partial charge in [0.1, 0.15) is 12.6 Å². The summed E-state index contributed by atoms with van der Waals surface area (Å²) in [6.45, 7) is 4.56. The highest BCUT2D eigenvalue weighted by Gasteiger charge is 2.39. The van der Waals surface area contributed by atoms with E-state index in [0.717, 1.165) is 27.8 Å². The largest absolute Gasteiger partial charge is 0.408 e. The molecule has 0 spiro atoms. The fraction of sp³-hybridized carbons (Fsp3) is 0.250. The van der Waals surface area contributed by atoms with Crippen LogP contribution in [0.4, 0.5) is 13.2 Å². The summed E-state index contributed by atoms with van der Waals surface area (Å²) in [5.41, 5.74) is 5.69. The van der Waals surface area contributed by atoms with Crippen molar-refractivity contribution in [2.24, 2.45) is 0 Å². The van der Waals surface area contributed by atoms with Gasteiger partial charge in [-0.05, 0) is 61.2 Å². The van der Waals surface area contributed by atoms with E-state index in [1.165, 1.54) is 16.1 Å². The number of fused-ring (bicyclic) bond motifs is 2. The number of benzene rings is 2. The minimum absolute atomic E-state index is 0.302. The molecule has 1 atom stereocenters. The molecular formula is C28H26F3N5O2. The lowest BCUT2D eigenvalue weighted by Crippen LogP contribution is -2.46. The number of amides is 1. The molecule has 196 valence electrons. The van der Waals surface area contributed by atoms with E-state index in [-0.39, 0.29) is 6.42 Å². The van der Waals surface area contributed by atoms with Crippen molar-refractivity contribution in [1.82, 2.24) is 23.8 Å². The Morgan fingerprint density at radius 2 is 1.84 bits per heavy atom. The Bertz CT molecular complexity index is 1730. The minimum atomic E-state index is -4.57. The number of carbonyl (C=O) groups excluding carboxylic acids is 1. The summed E-state index contributed by atoms with van der Waals surface area (Å²) in [4.78, 5) is 30.5. The Morgan fingerprint density at radius 3 is 2.55 bits per heavy atom. The van der Waals surface area contributed by atoms with E-state index in [2.05, 4.69) is 4.98 Å². The number of para-hydroxylation sites is 1. The number of nitrogens with zero attached hydrogens (tertiary/aromatic N) is 4. The van der Waals surface area contributed by atoms with Gasteiger partial charge in [-0.2, -0.15) is 13.2 Å². The van der Waals surface area contributed by atoms with E-state index >= 15 is 0 Å². The van der Waals surface area contributed by atoms with Crippen LogP contribution in [-0.4, -0.2) is 36.6 Å². The Labute approximate surface area is 216 Å². The molecule has 2 aromatic carbocycles. The van der Waals surface area contributed by atoms with Crippen molar-refractivity contribution in [1.29, 1.82) is 0 Å². The average Bonchev–Trinajstić information content (AvgIpc) is 3.46. The maximum atomic E-state index is 13.7. The number of imidazole rings is 2. The van der Waals surface area contributed by atoms with Crippen LogP contribution in [0.25, 0.3) is 33.4 Å². The maximum absolute atomic E-state index is 13.7. The number of nitrogens with one attached hydrogen (secondary N) is 1. The van der Waals surface area contributed by atoms with Crippen molar-refractivity contribution in [2.45, 2.75) is 46.0 Å². The van der Waals surface area contributed by atoms with Crippen molar-refractivity contribution in [3.8, 4) is 16.8 Å². The first-order chi connectivity index (χ1) is 18.1. The van der Waals surface area contributed by atoms with E-state index in [1.54, 1.807) is 24.7 Å². The highest BCUT2D eigenvalue weighted by Crippen LogP contribution is 2.29. The summed E-state index contributed by atoms with van der Waals surface area (Å²) in [7, 11) is 0. The van der Waals surface area contributed by atoms with E-state index in [1.807, 2.05) is 66.2 Å². The van der Waals surface area contributed by atoms with Crippen molar-refractivity contribution >= 4 is 22.5 Å². The predicted molar refractivity (Wildman–Crippen MR) is 139 cm³/mol. The second-order valence-electron chi connectivity index (χ2n) is 9.33. The average molecular weight is 522 g/mol.